The summed E-state index contributed by atoms with van der Waals surface area (Å²) in [6.45, 7) is 4.01. The zero-order valence-electron chi connectivity index (χ0n) is 21.0. The number of hydrogen-bond acceptors (Lipinski definition) is 5. The molecule has 5 heteroatoms. The highest BCUT2D eigenvalue weighted by molar-refractivity contribution is 6.12. The van der Waals surface area contributed by atoms with Gasteiger partial charge in [0.2, 0.25) is 0 Å². The quantitative estimate of drug-likeness (QED) is 0.307. The first-order valence-corrected chi connectivity index (χ1v) is 12.4. The number of hydrogen-bond donors (Lipinski definition) is 0. The Morgan fingerprint density at radius 3 is 2.08 bits per heavy atom. The summed E-state index contributed by atoms with van der Waals surface area (Å²) in [4.78, 5) is 31.8. The number of carbonyl (C=O) groups excluding carboxylic acids is 2. The minimum Gasteiger partial charge on any atom is -0.465 e. The van der Waals surface area contributed by atoms with Crippen molar-refractivity contribution in [2.75, 3.05) is 6.61 Å². The fraction of sp³-hybridized carbons (Fsp3) is 0.219. The van der Waals surface area contributed by atoms with Crippen molar-refractivity contribution < 1.29 is 19.1 Å². The summed E-state index contributed by atoms with van der Waals surface area (Å²) >= 11 is 0. The zero-order valence-corrected chi connectivity index (χ0v) is 21.0. The first kappa shape index (κ1) is 25.7. The van der Waals surface area contributed by atoms with Crippen molar-refractivity contribution in [1.29, 1.82) is 0 Å². The Hall–Kier alpha value is -4.43. The molecule has 2 atom stereocenters. The summed E-state index contributed by atoms with van der Waals surface area (Å²) in [5.41, 5.74) is 3.77. The summed E-state index contributed by atoms with van der Waals surface area (Å²) in [5.74, 6) is 3.79. The van der Waals surface area contributed by atoms with Crippen LogP contribution < -0.4 is 0 Å². The molecule has 0 spiro atoms. The molecule has 0 aliphatic carbocycles. The number of benzene rings is 3. The molecular formula is C32H29NO4. The lowest BCUT2D eigenvalue weighted by atomic mass is 9.77. The Labute approximate surface area is 217 Å². The van der Waals surface area contributed by atoms with Gasteiger partial charge in [0.25, 0.3) is 0 Å². The number of nitrogens with zero attached hydrogens (tertiary/aromatic N) is 1. The van der Waals surface area contributed by atoms with E-state index < -0.39 is 23.8 Å². The fourth-order valence-corrected chi connectivity index (χ4v) is 4.26. The van der Waals surface area contributed by atoms with Crippen molar-refractivity contribution in [3.05, 3.63) is 113 Å². The zero-order chi connectivity index (χ0) is 26.0. The van der Waals surface area contributed by atoms with Crippen LogP contribution in [0.3, 0.4) is 0 Å². The van der Waals surface area contributed by atoms with Crippen molar-refractivity contribution in [1.82, 2.24) is 0 Å². The lowest BCUT2D eigenvalue weighted by Crippen LogP contribution is -2.38. The number of esters is 2. The van der Waals surface area contributed by atoms with E-state index in [0.717, 1.165) is 16.7 Å². The van der Waals surface area contributed by atoms with E-state index in [1.54, 1.807) is 6.92 Å². The lowest BCUT2D eigenvalue weighted by molar-refractivity contribution is -0.146. The van der Waals surface area contributed by atoms with Gasteiger partial charge in [-0.2, -0.15) is 0 Å². The molecule has 186 valence electrons. The van der Waals surface area contributed by atoms with Crippen LogP contribution in [0, 0.1) is 23.7 Å². The second kappa shape index (κ2) is 12.5. The van der Waals surface area contributed by atoms with Crippen LogP contribution >= 0.6 is 0 Å². The van der Waals surface area contributed by atoms with Gasteiger partial charge in [-0.05, 0) is 31.0 Å². The molecule has 37 heavy (non-hydrogen) atoms. The van der Waals surface area contributed by atoms with Gasteiger partial charge in [-0.15, -0.1) is 0 Å². The molecule has 3 aromatic carbocycles. The molecule has 4 rings (SSSR count). The highest BCUT2D eigenvalue weighted by Crippen LogP contribution is 2.38. The Balaban J connectivity index is 1.86. The molecule has 0 saturated heterocycles. The van der Waals surface area contributed by atoms with E-state index in [1.807, 2.05) is 97.9 Å². The van der Waals surface area contributed by atoms with E-state index in [4.69, 9.17) is 14.5 Å². The fourth-order valence-electron chi connectivity index (χ4n) is 4.26. The minimum absolute atomic E-state index is 0.0957. The third-order valence-corrected chi connectivity index (χ3v) is 6.04. The van der Waals surface area contributed by atoms with Crippen LogP contribution in [0.2, 0.25) is 0 Å². The van der Waals surface area contributed by atoms with Crippen molar-refractivity contribution in [2.45, 2.75) is 26.9 Å². The van der Waals surface area contributed by atoms with E-state index in [9.17, 15) is 9.59 Å². The van der Waals surface area contributed by atoms with Crippen molar-refractivity contribution >= 4 is 23.3 Å². The van der Waals surface area contributed by atoms with Gasteiger partial charge in [-0.3, -0.25) is 9.79 Å². The molecule has 0 amide bonds. The molecule has 3 aromatic rings. The highest BCUT2D eigenvalue weighted by atomic mass is 16.5. The SMILES string of the molecule is CCOC(=O)C1C(CC)=NC(c2ccccc2)=C(C(=O)OCc2ccccc2)C1C#Cc1ccccc1. The van der Waals surface area contributed by atoms with Crippen molar-refractivity contribution in [3.63, 3.8) is 0 Å². The standard InChI is InChI=1S/C32H29NO4/c1-3-27-28(31(34)36-4-2)26(21-20-23-14-8-5-9-15-23)29(30(33-27)25-18-12-7-13-19-25)32(35)37-22-24-16-10-6-11-17-24/h5-19,26,28H,3-4,22H2,1-2H3. The summed E-state index contributed by atoms with van der Waals surface area (Å²) in [6.07, 6.45) is 0.510. The van der Waals surface area contributed by atoms with E-state index >= 15 is 0 Å². The maximum atomic E-state index is 13.7. The normalized spacial score (nSPS) is 16.8. The molecule has 2 unspecified atom stereocenters. The van der Waals surface area contributed by atoms with Crippen LogP contribution in [0.25, 0.3) is 5.70 Å². The molecule has 5 nitrogen and oxygen atoms in total. The van der Waals surface area contributed by atoms with Crippen LogP contribution in [0.5, 0.6) is 0 Å². The largest absolute Gasteiger partial charge is 0.465 e. The molecular weight excluding hydrogens is 462 g/mol. The van der Waals surface area contributed by atoms with Gasteiger partial charge in [0.05, 0.1) is 23.8 Å². The molecule has 0 saturated carbocycles. The molecule has 0 radical (unpaired) electrons. The topological polar surface area (TPSA) is 65.0 Å². The van der Waals surface area contributed by atoms with Crippen molar-refractivity contribution in [3.8, 4) is 11.8 Å². The molecule has 1 aliphatic heterocycles. The van der Waals surface area contributed by atoms with E-state index in [0.29, 0.717) is 17.8 Å². The van der Waals surface area contributed by atoms with Crippen LogP contribution in [0.4, 0.5) is 0 Å². The number of carbonyl (C=O) groups is 2. The maximum Gasteiger partial charge on any atom is 0.337 e. The summed E-state index contributed by atoms with van der Waals surface area (Å²) in [7, 11) is 0. The summed E-state index contributed by atoms with van der Waals surface area (Å²) < 4.78 is 11.2. The predicted octanol–water partition coefficient (Wildman–Crippen LogP) is 5.85. The van der Waals surface area contributed by atoms with Crippen LogP contribution in [-0.4, -0.2) is 24.3 Å². The Morgan fingerprint density at radius 2 is 1.46 bits per heavy atom. The number of rotatable bonds is 7. The lowest BCUT2D eigenvalue weighted by Gasteiger charge is -2.30. The van der Waals surface area contributed by atoms with Gasteiger partial charge < -0.3 is 9.47 Å². The highest BCUT2D eigenvalue weighted by Gasteiger charge is 2.42. The van der Waals surface area contributed by atoms with Gasteiger partial charge >= 0.3 is 11.9 Å². The first-order chi connectivity index (χ1) is 18.1. The molecule has 0 N–H and O–H groups in total. The Kier molecular flexibility index (Phi) is 8.67. The average molecular weight is 492 g/mol. The van der Waals surface area contributed by atoms with Gasteiger partial charge in [0.1, 0.15) is 12.5 Å². The third kappa shape index (κ3) is 6.23. The molecule has 0 bridgehead atoms. The number of ether oxygens (including phenoxy) is 2. The van der Waals surface area contributed by atoms with Crippen LogP contribution in [0.1, 0.15) is 37.0 Å². The maximum absolute atomic E-state index is 13.7. The van der Waals surface area contributed by atoms with E-state index in [1.165, 1.54) is 0 Å². The predicted molar refractivity (Wildman–Crippen MR) is 144 cm³/mol. The Morgan fingerprint density at radius 1 is 0.838 bits per heavy atom. The molecule has 0 fully saturated rings. The Bertz CT molecular complexity index is 1350. The molecule has 1 heterocycles. The first-order valence-electron chi connectivity index (χ1n) is 12.4. The minimum atomic E-state index is -0.812. The molecule has 0 aromatic heterocycles. The van der Waals surface area contributed by atoms with Gasteiger partial charge in [0.15, 0.2) is 0 Å². The average Bonchev–Trinajstić information content (AvgIpc) is 2.95. The smallest absolute Gasteiger partial charge is 0.337 e. The van der Waals surface area contributed by atoms with Gasteiger partial charge in [-0.25, -0.2) is 4.79 Å². The summed E-state index contributed by atoms with van der Waals surface area (Å²) in [5, 5.41) is 0. The number of aliphatic imine (C=N–C) groups is 1. The second-order valence-electron chi connectivity index (χ2n) is 8.49. The van der Waals surface area contributed by atoms with Gasteiger partial charge in [-0.1, -0.05) is 97.6 Å². The van der Waals surface area contributed by atoms with E-state index in [2.05, 4.69) is 11.8 Å². The van der Waals surface area contributed by atoms with Crippen LogP contribution in [0.15, 0.2) is 102 Å². The molecule has 1 aliphatic rings. The summed E-state index contributed by atoms with van der Waals surface area (Å²) in [6, 6.07) is 28.4. The van der Waals surface area contributed by atoms with Crippen LogP contribution in [-0.2, 0) is 25.7 Å². The monoisotopic (exact) mass is 491 g/mol. The van der Waals surface area contributed by atoms with Gasteiger partial charge in [0, 0.05) is 16.8 Å². The van der Waals surface area contributed by atoms with E-state index in [-0.39, 0.29) is 18.8 Å². The third-order valence-electron chi connectivity index (χ3n) is 6.04. The van der Waals surface area contributed by atoms with Crippen molar-refractivity contribution in [2.24, 2.45) is 16.8 Å². The second-order valence-corrected chi connectivity index (χ2v) is 8.49.